The summed E-state index contributed by atoms with van der Waals surface area (Å²) in [7, 11) is 0. The van der Waals surface area contributed by atoms with Gasteiger partial charge >= 0.3 is 0 Å². The number of fused-ring (bicyclic) bond motifs is 5. The van der Waals surface area contributed by atoms with E-state index in [1.54, 1.807) is 0 Å². The highest BCUT2D eigenvalue weighted by Crippen LogP contribution is 2.66. The van der Waals surface area contributed by atoms with Crippen molar-refractivity contribution in [3.8, 4) is 0 Å². The van der Waals surface area contributed by atoms with Crippen molar-refractivity contribution in [1.82, 2.24) is 0 Å². The van der Waals surface area contributed by atoms with Crippen molar-refractivity contribution < 1.29 is 4.79 Å². The lowest BCUT2D eigenvalue weighted by Gasteiger charge is -2.57. The molecule has 0 radical (unpaired) electrons. The first-order valence-corrected chi connectivity index (χ1v) is 9.12. The first kappa shape index (κ1) is 14.5. The van der Waals surface area contributed by atoms with Crippen molar-refractivity contribution in [2.45, 2.75) is 65.2 Å². The first-order chi connectivity index (χ1) is 10.5. The SMILES string of the molecule is C=C=C1CC[C@H]2[C@@H]3CCC4=CC(=O)CC[C@]4(C)[C@H]3CC[C@]12C. The van der Waals surface area contributed by atoms with E-state index in [4.69, 9.17) is 0 Å². The number of ketones is 1. The third kappa shape index (κ3) is 1.75. The number of allylic oxidation sites excluding steroid dienone is 2. The van der Waals surface area contributed by atoms with Crippen LogP contribution in [0.15, 0.2) is 29.5 Å². The molecule has 4 rings (SSSR count). The summed E-state index contributed by atoms with van der Waals surface area (Å²) in [4.78, 5) is 11.8. The molecular formula is C21H28O. The zero-order valence-electron chi connectivity index (χ0n) is 14.1. The lowest BCUT2D eigenvalue weighted by molar-refractivity contribution is -0.117. The third-order valence-electron chi connectivity index (χ3n) is 7.96. The maximum Gasteiger partial charge on any atom is 0.155 e. The highest BCUT2D eigenvalue weighted by molar-refractivity contribution is 5.91. The molecule has 0 amide bonds. The predicted molar refractivity (Wildman–Crippen MR) is 89.4 cm³/mol. The molecule has 3 fully saturated rings. The molecule has 4 aliphatic carbocycles. The summed E-state index contributed by atoms with van der Waals surface area (Å²) in [6.07, 6.45) is 11.5. The van der Waals surface area contributed by atoms with Crippen LogP contribution in [0.5, 0.6) is 0 Å². The zero-order chi connectivity index (χ0) is 15.5. The fourth-order valence-electron chi connectivity index (χ4n) is 6.66. The van der Waals surface area contributed by atoms with Gasteiger partial charge in [-0.15, -0.1) is 5.73 Å². The van der Waals surface area contributed by atoms with E-state index in [1.165, 1.54) is 43.3 Å². The van der Waals surface area contributed by atoms with E-state index >= 15 is 0 Å². The van der Waals surface area contributed by atoms with Gasteiger partial charge in [-0.3, -0.25) is 4.79 Å². The molecule has 22 heavy (non-hydrogen) atoms. The lowest BCUT2D eigenvalue weighted by atomic mass is 9.47. The van der Waals surface area contributed by atoms with Gasteiger partial charge in [0.05, 0.1) is 0 Å². The number of carbonyl (C=O) groups excluding carboxylic acids is 1. The van der Waals surface area contributed by atoms with Crippen molar-refractivity contribution in [2.24, 2.45) is 28.6 Å². The van der Waals surface area contributed by atoms with Crippen LogP contribution in [0.1, 0.15) is 65.2 Å². The van der Waals surface area contributed by atoms with Crippen molar-refractivity contribution in [1.29, 1.82) is 0 Å². The van der Waals surface area contributed by atoms with Crippen LogP contribution in [-0.4, -0.2) is 5.78 Å². The Morgan fingerprint density at radius 1 is 1.05 bits per heavy atom. The molecular weight excluding hydrogens is 268 g/mol. The standard InChI is InChI=1S/C21H28O/c1-4-14-6-8-18-17-7-5-15-13-16(22)9-11-21(15,3)19(17)10-12-20(14,18)2/h13,17-19H,1,5-12H2,2-3H3/t17-,18-,19-,20+,21-/m0/s1. The molecule has 5 atom stereocenters. The van der Waals surface area contributed by atoms with Crippen LogP contribution in [0.25, 0.3) is 0 Å². The van der Waals surface area contributed by atoms with Gasteiger partial charge in [0, 0.05) is 6.42 Å². The average molecular weight is 296 g/mol. The summed E-state index contributed by atoms with van der Waals surface area (Å²) >= 11 is 0. The second-order valence-electron chi connectivity index (χ2n) is 8.62. The van der Waals surface area contributed by atoms with Gasteiger partial charge in [0.1, 0.15) is 0 Å². The topological polar surface area (TPSA) is 17.1 Å². The van der Waals surface area contributed by atoms with Gasteiger partial charge in [-0.25, -0.2) is 0 Å². The smallest absolute Gasteiger partial charge is 0.155 e. The molecule has 0 saturated heterocycles. The molecule has 0 aromatic rings. The summed E-state index contributed by atoms with van der Waals surface area (Å²) < 4.78 is 0. The van der Waals surface area contributed by atoms with Crippen molar-refractivity contribution in [3.63, 3.8) is 0 Å². The van der Waals surface area contributed by atoms with E-state index in [2.05, 4.69) is 26.2 Å². The molecule has 118 valence electrons. The Labute approximate surface area is 134 Å². The minimum Gasteiger partial charge on any atom is -0.295 e. The van der Waals surface area contributed by atoms with Gasteiger partial charge < -0.3 is 0 Å². The fourth-order valence-corrected chi connectivity index (χ4v) is 6.66. The van der Waals surface area contributed by atoms with Crippen molar-refractivity contribution >= 4 is 5.78 Å². The van der Waals surface area contributed by atoms with Gasteiger partial charge in [-0.05, 0) is 85.2 Å². The van der Waals surface area contributed by atoms with Crippen LogP contribution in [0.2, 0.25) is 0 Å². The van der Waals surface area contributed by atoms with Crippen LogP contribution in [0.3, 0.4) is 0 Å². The number of hydrogen-bond donors (Lipinski definition) is 0. The zero-order valence-corrected chi connectivity index (χ0v) is 14.1. The molecule has 0 unspecified atom stereocenters. The third-order valence-corrected chi connectivity index (χ3v) is 7.96. The van der Waals surface area contributed by atoms with Crippen LogP contribution in [0.4, 0.5) is 0 Å². The van der Waals surface area contributed by atoms with Crippen molar-refractivity contribution in [2.75, 3.05) is 0 Å². The Kier molecular flexibility index (Phi) is 3.11. The molecule has 0 aromatic carbocycles. The lowest BCUT2D eigenvalue weighted by Crippen LogP contribution is -2.49. The predicted octanol–water partition coefficient (Wildman–Crippen LogP) is 5.23. The van der Waals surface area contributed by atoms with Crippen LogP contribution in [0, 0.1) is 28.6 Å². The Bertz CT molecular complexity index is 605. The molecule has 0 aliphatic heterocycles. The number of hydrogen-bond acceptors (Lipinski definition) is 1. The monoisotopic (exact) mass is 296 g/mol. The average Bonchev–Trinajstić information content (AvgIpc) is 2.84. The van der Waals surface area contributed by atoms with E-state index in [9.17, 15) is 4.79 Å². The van der Waals surface area contributed by atoms with E-state index in [-0.39, 0.29) is 0 Å². The Hall–Kier alpha value is -1.07. The van der Waals surface area contributed by atoms with E-state index in [0.29, 0.717) is 16.6 Å². The Morgan fingerprint density at radius 3 is 2.59 bits per heavy atom. The molecule has 3 saturated carbocycles. The van der Waals surface area contributed by atoms with E-state index < -0.39 is 0 Å². The quantitative estimate of drug-likeness (QED) is 0.559. The van der Waals surface area contributed by atoms with Gasteiger partial charge in [-0.1, -0.05) is 26.0 Å². The summed E-state index contributed by atoms with van der Waals surface area (Å²) in [5.41, 5.74) is 6.93. The van der Waals surface area contributed by atoms with Gasteiger partial charge in [0.15, 0.2) is 5.78 Å². The van der Waals surface area contributed by atoms with Gasteiger partial charge in [0.2, 0.25) is 0 Å². The van der Waals surface area contributed by atoms with Gasteiger partial charge in [-0.2, -0.15) is 0 Å². The molecule has 0 N–H and O–H groups in total. The molecule has 0 heterocycles. The van der Waals surface area contributed by atoms with Crippen molar-refractivity contribution in [3.05, 3.63) is 29.5 Å². The fraction of sp³-hybridized carbons (Fsp3) is 0.714. The van der Waals surface area contributed by atoms with E-state index in [1.807, 2.05) is 6.08 Å². The maximum absolute atomic E-state index is 11.8. The van der Waals surface area contributed by atoms with Crippen LogP contribution >= 0.6 is 0 Å². The minimum atomic E-state index is 0.304. The summed E-state index contributed by atoms with van der Waals surface area (Å²) in [5, 5.41) is 0. The highest BCUT2D eigenvalue weighted by Gasteiger charge is 2.57. The van der Waals surface area contributed by atoms with Crippen LogP contribution < -0.4 is 0 Å². The first-order valence-electron chi connectivity index (χ1n) is 9.12. The van der Waals surface area contributed by atoms with E-state index in [0.717, 1.165) is 37.0 Å². The largest absolute Gasteiger partial charge is 0.295 e. The summed E-state index contributed by atoms with van der Waals surface area (Å²) in [5.74, 6) is 2.83. The molecule has 4 aliphatic rings. The summed E-state index contributed by atoms with van der Waals surface area (Å²) in [6, 6.07) is 0. The second kappa shape index (κ2) is 4.71. The molecule has 1 nitrogen and oxygen atoms in total. The molecule has 0 bridgehead atoms. The van der Waals surface area contributed by atoms with Gasteiger partial charge in [0.25, 0.3) is 0 Å². The molecule has 1 heteroatoms. The Balaban J connectivity index is 1.71. The Morgan fingerprint density at radius 2 is 1.82 bits per heavy atom. The maximum atomic E-state index is 11.8. The number of carbonyl (C=O) groups is 1. The molecule has 0 spiro atoms. The summed E-state index contributed by atoms with van der Waals surface area (Å²) in [6.45, 7) is 8.90. The highest BCUT2D eigenvalue weighted by atomic mass is 16.1. The van der Waals surface area contributed by atoms with Crippen LogP contribution in [-0.2, 0) is 4.79 Å². The number of rotatable bonds is 0. The molecule has 0 aromatic heterocycles. The minimum absolute atomic E-state index is 0.304. The second-order valence-corrected chi connectivity index (χ2v) is 8.62. The normalized spacial score (nSPS) is 47.2.